The highest BCUT2D eigenvalue weighted by atomic mass is 35.5. The minimum Gasteiger partial charge on any atom is -0.376 e. The molecular formula is C16H16ClFN2O. The van der Waals surface area contributed by atoms with Crippen LogP contribution in [0.15, 0.2) is 42.5 Å². The molecule has 0 atom stereocenters. The van der Waals surface area contributed by atoms with Gasteiger partial charge in [-0.1, -0.05) is 23.7 Å². The van der Waals surface area contributed by atoms with Gasteiger partial charge in [0.15, 0.2) is 0 Å². The molecule has 0 aliphatic heterocycles. The van der Waals surface area contributed by atoms with Crippen molar-refractivity contribution in [3.05, 3.63) is 58.9 Å². The molecule has 21 heavy (non-hydrogen) atoms. The van der Waals surface area contributed by atoms with Gasteiger partial charge >= 0.3 is 0 Å². The zero-order chi connectivity index (χ0) is 15.4. The molecule has 0 aliphatic carbocycles. The number of anilines is 2. The summed E-state index contributed by atoms with van der Waals surface area (Å²) in [7, 11) is 3.78. The summed E-state index contributed by atoms with van der Waals surface area (Å²) in [6.07, 6.45) is 0.180. The Bertz CT molecular complexity index is 641. The van der Waals surface area contributed by atoms with E-state index in [1.807, 2.05) is 25.1 Å². The summed E-state index contributed by atoms with van der Waals surface area (Å²) >= 11 is 5.97. The van der Waals surface area contributed by atoms with Gasteiger partial charge in [0.25, 0.3) is 0 Å². The van der Waals surface area contributed by atoms with Crippen molar-refractivity contribution in [2.45, 2.75) is 6.42 Å². The maximum absolute atomic E-state index is 12.8. The molecule has 0 aromatic heterocycles. The Hall–Kier alpha value is -2.07. The predicted molar refractivity (Wildman–Crippen MR) is 84.5 cm³/mol. The van der Waals surface area contributed by atoms with Crippen LogP contribution in [0.25, 0.3) is 0 Å². The summed E-state index contributed by atoms with van der Waals surface area (Å²) in [5.41, 5.74) is 2.27. The number of halogens is 2. The van der Waals surface area contributed by atoms with E-state index in [-0.39, 0.29) is 18.1 Å². The van der Waals surface area contributed by atoms with Gasteiger partial charge in [-0.15, -0.1) is 0 Å². The Labute approximate surface area is 128 Å². The van der Waals surface area contributed by atoms with Crippen LogP contribution in [0.4, 0.5) is 15.8 Å². The van der Waals surface area contributed by atoms with Gasteiger partial charge < -0.3 is 10.2 Å². The van der Waals surface area contributed by atoms with Crippen LogP contribution in [0.5, 0.6) is 0 Å². The zero-order valence-electron chi connectivity index (χ0n) is 11.9. The quantitative estimate of drug-likeness (QED) is 0.933. The average Bonchev–Trinajstić information content (AvgIpc) is 2.41. The van der Waals surface area contributed by atoms with Crippen LogP contribution in [0, 0.1) is 5.82 Å². The molecule has 2 aromatic carbocycles. The lowest BCUT2D eigenvalue weighted by Crippen LogP contribution is -2.18. The molecule has 0 saturated carbocycles. The van der Waals surface area contributed by atoms with Gasteiger partial charge in [0.1, 0.15) is 5.82 Å². The maximum Gasteiger partial charge on any atom is 0.228 e. The molecular weight excluding hydrogens is 291 g/mol. The van der Waals surface area contributed by atoms with E-state index in [9.17, 15) is 9.18 Å². The molecule has 0 bridgehead atoms. The Balaban J connectivity index is 2.12. The molecule has 0 saturated heterocycles. The van der Waals surface area contributed by atoms with Crippen molar-refractivity contribution < 1.29 is 9.18 Å². The van der Waals surface area contributed by atoms with E-state index in [0.29, 0.717) is 10.7 Å². The van der Waals surface area contributed by atoms with Gasteiger partial charge in [-0.05, 0) is 35.9 Å². The molecule has 1 amide bonds. The van der Waals surface area contributed by atoms with E-state index >= 15 is 0 Å². The highest BCUT2D eigenvalue weighted by Crippen LogP contribution is 2.27. The van der Waals surface area contributed by atoms with E-state index in [1.165, 1.54) is 12.1 Å². The van der Waals surface area contributed by atoms with E-state index in [0.717, 1.165) is 11.3 Å². The molecule has 0 spiro atoms. The molecule has 0 aliphatic rings. The van der Waals surface area contributed by atoms with Crippen LogP contribution in [-0.4, -0.2) is 20.0 Å². The van der Waals surface area contributed by atoms with Gasteiger partial charge in [-0.2, -0.15) is 0 Å². The smallest absolute Gasteiger partial charge is 0.228 e. The van der Waals surface area contributed by atoms with Gasteiger partial charge in [-0.3, -0.25) is 4.79 Å². The second kappa shape index (κ2) is 6.59. The van der Waals surface area contributed by atoms with Crippen LogP contribution >= 0.6 is 11.6 Å². The molecule has 110 valence electrons. The SMILES string of the molecule is CN(C)c1ccc(Cl)cc1NC(=O)Cc1ccc(F)cc1. The fraction of sp³-hybridized carbons (Fsp3) is 0.188. The van der Waals surface area contributed by atoms with Crippen molar-refractivity contribution >= 4 is 28.9 Å². The number of carbonyl (C=O) groups is 1. The van der Waals surface area contributed by atoms with E-state index in [1.54, 1.807) is 24.3 Å². The van der Waals surface area contributed by atoms with Gasteiger partial charge in [-0.25, -0.2) is 4.39 Å². The lowest BCUT2D eigenvalue weighted by molar-refractivity contribution is -0.115. The predicted octanol–water partition coefficient (Wildman–Crippen LogP) is 3.73. The maximum atomic E-state index is 12.8. The molecule has 3 nitrogen and oxygen atoms in total. The highest BCUT2D eigenvalue weighted by Gasteiger charge is 2.10. The number of hydrogen-bond acceptors (Lipinski definition) is 2. The minimum absolute atomic E-state index is 0.174. The fourth-order valence-electron chi connectivity index (χ4n) is 1.98. The summed E-state index contributed by atoms with van der Waals surface area (Å²) < 4.78 is 12.8. The number of benzene rings is 2. The summed E-state index contributed by atoms with van der Waals surface area (Å²) in [6.45, 7) is 0. The molecule has 5 heteroatoms. The van der Waals surface area contributed by atoms with Crippen molar-refractivity contribution in [3.8, 4) is 0 Å². The van der Waals surface area contributed by atoms with Crippen molar-refractivity contribution in [1.82, 2.24) is 0 Å². The average molecular weight is 307 g/mol. The lowest BCUT2D eigenvalue weighted by Gasteiger charge is -2.18. The number of hydrogen-bond donors (Lipinski definition) is 1. The monoisotopic (exact) mass is 306 g/mol. The van der Waals surface area contributed by atoms with Crippen LogP contribution in [0.3, 0.4) is 0 Å². The summed E-state index contributed by atoms with van der Waals surface area (Å²) in [5, 5.41) is 3.39. The van der Waals surface area contributed by atoms with Crippen LogP contribution in [0.2, 0.25) is 5.02 Å². The first-order valence-electron chi connectivity index (χ1n) is 6.47. The summed E-state index contributed by atoms with van der Waals surface area (Å²) in [6, 6.07) is 11.2. The first-order valence-corrected chi connectivity index (χ1v) is 6.84. The minimum atomic E-state index is -0.316. The molecule has 0 radical (unpaired) electrons. The second-order valence-electron chi connectivity index (χ2n) is 4.91. The fourth-order valence-corrected chi connectivity index (χ4v) is 2.15. The molecule has 0 unspecified atom stereocenters. The number of rotatable bonds is 4. The Kier molecular flexibility index (Phi) is 4.81. The Morgan fingerprint density at radius 1 is 1.19 bits per heavy atom. The van der Waals surface area contributed by atoms with Gasteiger partial charge in [0.2, 0.25) is 5.91 Å². The van der Waals surface area contributed by atoms with E-state index in [2.05, 4.69) is 5.32 Å². The third-order valence-corrected chi connectivity index (χ3v) is 3.23. The summed E-state index contributed by atoms with van der Waals surface area (Å²) in [5.74, 6) is -0.490. The Morgan fingerprint density at radius 3 is 2.48 bits per heavy atom. The third-order valence-electron chi connectivity index (χ3n) is 2.99. The van der Waals surface area contributed by atoms with Crippen LogP contribution in [0.1, 0.15) is 5.56 Å². The lowest BCUT2D eigenvalue weighted by atomic mass is 10.1. The third kappa shape index (κ3) is 4.20. The molecule has 2 aromatic rings. The topological polar surface area (TPSA) is 32.3 Å². The molecule has 0 fully saturated rings. The first-order chi connectivity index (χ1) is 9.95. The van der Waals surface area contributed by atoms with Crippen molar-refractivity contribution in [2.24, 2.45) is 0 Å². The number of amides is 1. The Morgan fingerprint density at radius 2 is 1.86 bits per heavy atom. The largest absolute Gasteiger partial charge is 0.376 e. The molecule has 2 rings (SSSR count). The summed E-state index contributed by atoms with van der Waals surface area (Å²) in [4.78, 5) is 14.0. The van der Waals surface area contributed by atoms with Crippen LogP contribution < -0.4 is 10.2 Å². The van der Waals surface area contributed by atoms with Crippen molar-refractivity contribution in [3.63, 3.8) is 0 Å². The second-order valence-corrected chi connectivity index (χ2v) is 5.34. The first kappa shape index (κ1) is 15.3. The van der Waals surface area contributed by atoms with Crippen LogP contribution in [-0.2, 0) is 11.2 Å². The van der Waals surface area contributed by atoms with Crippen molar-refractivity contribution in [2.75, 3.05) is 24.3 Å². The van der Waals surface area contributed by atoms with E-state index in [4.69, 9.17) is 11.6 Å². The molecule has 0 heterocycles. The van der Waals surface area contributed by atoms with E-state index < -0.39 is 0 Å². The number of nitrogens with one attached hydrogen (secondary N) is 1. The number of nitrogens with zero attached hydrogens (tertiary/aromatic N) is 1. The highest BCUT2D eigenvalue weighted by molar-refractivity contribution is 6.31. The van der Waals surface area contributed by atoms with Gasteiger partial charge in [0, 0.05) is 19.1 Å². The molecule has 1 N–H and O–H groups in total. The normalized spacial score (nSPS) is 10.3. The number of carbonyl (C=O) groups excluding carboxylic acids is 1. The standard InChI is InChI=1S/C16H16ClFN2O/c1-20(2)15-8-5-12(17)10-14(15)19-16(21)9-11-3-6-13(18)7-4-11/h3-8,10H,9H2,1-2H3,(H,19,21). The van der Waals surface area contributed by atoms with Gasteiger partial charge in [0.05, 0.1) is 17.8 Å². The van der Waals surface area contributed by atoms with Crippen molar-refractivity contribution in [1.29, 1.82) is 0 Å². The zero-order valence-corrected chi connectivity index (χ0v) is 12.6.